The van der Waals surface area contributed by atoms with Gasteiger partial charge in [0.2, 0.25) is 0 Å². The molecule has 12 rings (SSSR count). The van der Waals surface area contributed by atoms with E-state index >= 15 is 0 Å². The van der Waals surface area contributed by atoms with Gasteiger partial charge in [-0.05, 0) is 116 Å². The number of benzene rings is 10. The molecule has 11 aromatic rings. The molecule has 0 unspecified atom stereocenters. The van der Waals surface area contributed by atoms with E-state index in [0.717, 1.165) is 22.7 Å². The van der Waals surface area contributed by atoms with Gasteiger partial charge in [0.1, 0.15) is 0 Å². The quantitative estimate of drug-likeness (QED) is 0.149. The number of rotatable bonds is 8. The molecule has 0 saturated carbocycles. The van der Waals surface area contributed by atoms with Crippen molar-refractivity contribution in [3.05, 3.63) is 277 Å². The molecule has 0 N–H and O–H groups in total. The maximum absolute atomic E-state index is 2.45. The Morgan fingerprint density at radius 2 is 0.825 bits per heavy atom. The smallest absolute Gasteiger partial charge is 0.0714 e. The topological polar surface area (TPSA) is 8.17 Å². The van der Waals surface area contributed by atoms with Crippen molar-refractivity contribution in [2.45, 2.75) is 5.41 Å². The number of hydrogen-bond donors (Lipinski definition) is 0. The zero-order chi connectivity index (χ0) is 41.7. The lowest BCUT2D eigenvalue weighted by Crippen LogP contribution is -2.28. The molecule has 2 nitrogen and oxygen atoms in total. The molecule has 0 atom stereocenters. The van der Waals surface area contributed by atoms with Crippen LogP contribution >= 0.6 is 0 Å². The predicted octanol–water partition coefficient (Wildman–Crippen LogP) is 16.0. The Hall–Kier alpha value is -8.20. The van der Waals surface area contributed by atoms with Gasteiger partial charge in [-0.2, -0.15) is 0 Å². The molecule has 0 amide bonds. The van der Waals surface area contributed by atoms with Gasteiger partial charge in [-0.25, -0.2) is 0 Å². The molecule has 0 aliphatic heterocycles. The van der Waals surface area contributed by atoms with Crippen LogP contribution in [0.5, 0.6) is 0 Å². The van der Waals surface area contributed by atoms with Crippen molar-refractivity contribution < 1.29 is 0 Å². The first-order valence-corrected chi connectivity index (χ1v) is 21.8. The second kappa shape index (κ2) is 15.1. The normalized spacial score (nSPS) is 12.6. The summed E-state index contributed by atoms with van der Waals surface area (Å²) in [5.74, 6) is 0. The number of fused-ring (bicyclic) bond motifs is 6. The Balaban J connectivity index is 1.04. The Labute approximate surface area is 368 Å². The minimum Gasteiger partial charge on any atom is -0.310 e. The Morgan fingerprint density at radius 1 is 0.302 bits per heavy atom. The van der Waals surface area contributed by atoms with E-state index < -0.39 is 5.41 Å². The standard InChI is InChI=1S/C61H42N2/c1-5-18-43(19-6-1)45-20-17-27-51(40-45)62(50-35-32-44(33-36-50)46-34-38-56-55-29-14-16-31-59(55)63(60(56)41-46)49-25-11-4-12-26-49)52-37-39-54-53-28-13-15-30-57(53)61(58(54)42-52,47-21-7-2-8-22-47)48-23-9-3-10-24-48/h1-42H. The molecule has 0 radical (unpaired) electrons. The molecule has 10 aromatic carbocycles. The average Bonchev–Trinajstić information content (AvgIpc) is 3.85. The fourth-order valence-electron chi connectivity index (χ4n) is 10.3. The molecule has 0 saturated heterocycles. The third-order valence-electron chi connectivity index (χ3n) is 13.1. The van der Waals surface area contributed by atoms with Gasteiger partial charge in [0.15, 0.2) is 0 Å². The van der Waals surface area contributed by atoms with Gasteiger partial charge < -0.3 is 9.47 Å². The van der Waals surface area contributed by atoms with E-state index in [1.807, 2.05) is 0 Å². The molecular weight excluding hydrogens is 761 g/mol. The summed E-state index contributed by atoms with van der Waals surface area (Å²) in [5.41, 5.74) is 18.7. The van der Waals surface area contributed by atoms with Crippen LogP contribution in [0, 0.1) is 0 Å². The van der Waals surface area contributed by atoms with Crippen molar-refractivity contribution in [2.75, 3.05) is 4.90 Å². The third-order valence-corrected chi connectivity index (χ3v) is 13.1. The second-order valence-electron chi connectivity index (χ2n) is 16.5. The van der Waals surface area contributed by atoms with Crippen LogP contribution in [-0.2, 0) is 5.41 Å². The average molecular weight is 803 g/mol. The Bertz CT molecular complexity index is 3380. The molecule has 1 aliphatic rings. The number of anilines is 3. The molecule has 63 heavy (non-hydrogen) atoms. The van der Waals surface area contributed by atoms with Crippen molar-refractivity contribution >= 4 is 38.9 Å². The van der Waals surface area contributed by atoms with Gasteiger partial charge in [-0.3, -0.25) is 0 Å². The summed E-state index contributed by atoms with van der Waals surface area (Å²) in [5, 5.41) is 2.51. The highest BCUT2D eigenvalue weighted by atomic mass is 15.1. The van der Waals surface area contributed by atoms with Gasteiger partial charge in [0.05, 0.1) is 16.4 Å². The van der Waals surface area contributed by atoms with Crippen molar-refractivity contribution in [1.29, 1.82) is 0 Å². The minimum absolute atomic E-state index is 0.507. The minimum atomic E-state index is -0.507. The summed E-state index contributed by atoms with van der Waals surface area (Å²) in [6.07, 6.45) is 0. The van der Waals surface area contributed by atoms with Gasteiger partial charge >= 0.3 is 0 Å². The first-order valence-electron chi connectivity index (χ1n) is 21.8. The second-order valence-corrected chi connectivity index (χ2v) is 16.5. The van der Waals surface area contributed by atoms with Crippen molar-refractivity contribution in [2.24, 2.45) is 0 Å². The molecule has 296 valence electrons. The molecule has 0 bridgehead atoms. The van der Waals surface area contributed by atoms with Crippen LogP contribution in [0.15, 0.2) is 255 Å². The zero-order valence-electron chi connectivity index (χ0n) is 34.6. The number of para-hydroxylation sites is 2. The van der Waals surface area contributed by atoms with E-state index in [9.17, 15) is 0 Å². The summed E-state index contributed by atoms with van der Waals surface area (Å²) >= 11 is 0. The summed E-state index contributed by atoms with van der Waals surface area (Å²) in [4.78, 5) is 2.43. The number of hydrogen-bond acceptors (Lipinski definition) is 1. The fourth-order valence-corrected chi connectivity index (χ4v) is 10.3. The molecule has 1 aliphatic carbocycles. The lowest BCUT2D eigenvalue weighted by Gasteiger charge is -2.35. The fraction of sp³-hybridized carbons (Fsp3) is 0.0164. The Kier molecular flexibility index (Phi) is 8.76. The van der Waals surface area contributed by atoms with Gasteiger partial charge in [0, 0.05) is 33.5 Å². The van der Waals surface area contributed by atoms with Crippen LogP contribution in [-0.4, -0.2) is 4.57 Å². The molecule has 0 fully saturated rings. The first-order chi connectivity index (χ1) is 31.3. The highest BCUT2D eigenvalue weighted by molar-refractivity contribution is 6.10. The lowest BCUT2D eigenvalue weighted by atomic mass is 9.67. The van der Waals surface area contributed by atoms with E-state index in [-0.39, 0.29) is 0 Å². The summed E-state index contributed by atoms with van der Waals surface area (Å²) in [6, 6.07) is 93.2. The van der Waals surface area contributed by atoms with Crippen LogP contribution in [0.1, 0.15) is 22.3 Å². The SMILES string of the molecule is c1ccc(-c2cccc(N(c3ccc(-c4ccc5c6ccccc6n(-c6ccccc6)c5c4)cc3)c3ccc4c(c3)C(c3ccccc3)(c3ccccc3)c3ccccc3-4)c2)cc1. The Morgan fingerprint density at radius 3 is 1.57 bits per heavy atom. The van der Waals surface area contributed by atoms with E-state index in [2.05, 4.69) is 264 Å². The summed E-state index contributed by atoms with van der Waals surface area (Å²) < 4.78 is 2.39. The molecule has 1 heterocycles. The third kappa shape index (κ3) is 5.95. The van der Waals surface area contributed by atoms with Crippen LogP contribution in [0.25, 0.3) is 60.9 Å². The molecule has 2 heteroatoms. The maximum atomic E-state index is 2.45. The number of aromatic nitrogens is 1. The van der Waals surface area contributed by atoms with Gasteiger partial charge in [-0.15, -0.1) is 0 Å². The van der Waals surface area contributed by atoms with Crippen LogP contribution < -0.4 is 4.90 Å². The van der Waals surface area contributed by atoms with Crippen molar-refractivity contribution in [3.63, 3.8) is 0 Å². The monoisotopic (exact) mass is 802 g/mol. The molecule has 1 aromatic heterocycles. The maximum Gasteiger partial charge on any atom is 0.0714 e. The molecule has 0 spiro atoms. The van der Waals surface area contributed by atoms with Crippen molar-refractivity contribution in [3.8, 4) is 39.1 Å². The summed E-state index contributed by atoms with van der Waals surface area (Å²) in [7, 11) is 0. The van der Waals surface area contributed by atoms with E-state index in [1.54, 1.807) is 0 Å². The van der Waals surface area contributed by atoms with Crippen LogP contribution in [0.3, 0.4) is 0 Å². The van der Waals surface area contributed by atoms with Crippen LogP contribution in [0.4, 0.5) is 17.1 Å². The van der Waals surface area contributed by atoms with E-state index in [0.29, 0.717) is 0 Å². The summed E-state index contributed by atoms with van der Waals surface area (Å²) in [6.45, 7) is 0. The van der Waals surface area contributed by atoms with E-state index in [1.165, 1.54) is 77.4 Å². The predicted molar refractivity (Wildman–Crippen MR) is 264 cm³/mol. The van der Waals surface area contributed by atoms with Gasteiger partial charge in [0.25, 0.3) is 0 Å². The highest BCUT2D eigenvalue weighted by Gasteiger charge is 2.46. The van der Waals surface area contributed by atoms with Crippen LogP contribution in [0.2, 0.25) is 0 Å². The largest absolute Gasteiger partial charge is 0.310 e. The van der Waals surface area contributed by atoms with E-state index in [4.69, 9.17) is 0 Å². The molecular formula is C61H42N2. The number of nitrogens with zero attached hydrogens (tertiary/aromatic N) is 2. The highest BCUT2D eigenvalue weighted by Crippen LogP contribution is 2.57. The van der Waals surface area contributed by atoms with Crippen molar-refractivity contribution in [1.82, 2.24) is 4.57 Å². The first kappa shape index (κ1) is 36.6. The zero-order valence-corrected chi connectivity index (χ0v) is 34.6. The van der Waals surface area contributed by atoms with Gasteiger partial charge in [-0.1, -0.05) is 194 Å². The lowest BCUT2D eigenvalue weighted by molar-refractivity contribution is 0.768.